The van der Waals surface area contributed by atoms with Crippen LogP contribution in [0, 0.1) is 11.8 Å². The van der Waals surface area contributed by atoms with Crippen molar-refractivity contribution in [2.45, 2.75) is 25.1 Å². The van der Waals surface area contributed by atoms with Crippen molar-refractivity contribution in [1.29, 1.82) is 0 Å². The minimum atomic E-state index is -4.36. The van der Waals surface area contributed by atoms with Gasteiger partial charge in [0.25, 0.3) is 0 Å². The summed E-state index contributed by atoms with van der Waals surface area (Å²) in [7, 11) is 0. The number of nitrogens with zero attached hydrogens (tertiary/aromatic N) is 2. The molecule has 26 heavy (non-hydrogen) atoms. The van der Waals surface area contributed by atoms with Gasteiger partial charge in [-0.2, -0.15) is 13.2 Å². The average Bonchev–Trinajstić information content (AvgIpc) is 3.10. The Bertz CT molecular complexity index is 849. The van der Waals surface area contributed by atoms with Gasteiger partial charge in [0.2, 0.25) is 5.91 Å². The van der Waals surface area contributed by atoms with Gasteiger partial charge in [-0.3, -0.25) is 4.79 Å². The Morgan fingerprint density at radius 3 is 2.35 bits per heavy atom. The van der Waals surface area contributed by atoms with E-state index in [1.54, 1.807) is 18.3 Å². The molecule has 2 aromatic rings. The second kappa shape index (κ2) is 7.08. The molecule has 1 aromatic heterocycles. The maximum absolute atomic E-state index is 12.5. The Balaban J connectivity index is 1.72. The quantitative estimate of drug-likeness (QED) is 0.839. The van der Waals surface area contributed by atoms with Crippen LogP contribution in [0.1, 0.15) is 29.5 Å². The first kappa shape index (κ1) is 17.8. The third-order valence-corrected chi connectivity index (χ3v) is 4.19. The van der Waals surface area contributed by atoms with E-state index in [0.29, 0.717) is 23.4 Å². The largest absolute Gasteiger partial charge is 0.416 e. The molecule has 1 fully saturated rings. The van der Waals surface area contributed by atoms with Crippen LogP contribution in [0.25, 0.3) is 0 Å². The van der Waals surface area contributed by atoms with Crippen LogP contribution in [0.5, 0.6) is 0 Å². The Hall–Kier alpha value is -3.01. The maximum atomic E-state index is 12.5. The fourth-order valence-corrected chi connectivity index (χ4v) is 2.85. The first-order valence-electron chi connectivity index (χ1n) is 8.06. The number of hydrogen-bond acceptors (Lipinski definition) is 3. The number of rotatable bonds is 2. The average molecular weight is 359 g/mol. The topological polar surface area (TPSA) is 59.2 Å². The van der Waals surface area contributed by atoms with E-state index in [0.717, 1.165) is 25.1 Å². The number of carbonyl (C=O) groups is 1. The van der Waals surface area contributed by atoms with Gasteiger partial charge in [0.1, 0.15) is 11.9 Å². The summed E-state index contributed by atoms with van der Waals surface area (Å²) in [6.07, 6.45) is -1.19. The second-order valence-corrected chi connectivity index (χ2v) is 5.98. The van der Waals surface area contributed by atoms with Gasteiger partial charge < -0.3 is 10.6 Å². The molecule has 2 N–H and O–H groups in total. The van der Waals surface area contributed by atoms with Crippen LogP contribution >= 0.6 is 0 Å². The fourth-order valence-electron chi connectivity index (χ4n) is 2.85. The van der Waals surface area contributed by atoms with E-state index in [4.69, 9.17) is 5.73 Å². The van der Waals surface area contributed by atoms with Crippen molar-refractivity contribution < 1.29 is 18.0 Å². The molecule has 1 atom stereocenters. The van der Waals surface area contributed by atoms with Crippen molar-refractivity contribution in [2.75, 3.05) is 11.4 Å². The molecule has 134 valence electrons. The van der Waals surface area contributed by atoms with Gasteiger partial charge in [-0.25, -0.2) is 4.98 Å². The zero-order valence-electron chi connectivity index (χ0n) is 13.8. The van der Waals surface area contributed by atoms with Crippen molar-refractivity contribution in [2.24, 2.45) is 5.73 Å². The van der Waals surface area contributed by atoms with Crippen molar-refractivity contribution in [3.63, 3.8) is 0 Å². The number of pyridine rings is 1. The first-order chi connectivity index (χ1) is 12.3. The number of anilines is 1. The molecule has 1 aliphatic heterocycles. The summed E-state index contributed by atoms with van der Waals surface area (Å²) < 4.78 is 37.6. The van der Waals surface area contributed by atoms with Gasteiger partial charge in [-0.05, 0) is 49.2 Å². The molecule has 0 radical (unpaired) electrons. The summed E-state index contributed by atoms with van der Waals surface area (Å²) in [6.45, 7) is 0.719. The standard InChI is InChI=1S/C19H16F3N3O/c20-19(21,22)15-8-5-13(6-9-15)3-4-14-7-10-17(24-12-14)25-11-1-2-16(25)18(23)26/h5-10,12,16H,1-2,11H2,(H2,23,26)/t16-/m1/s1. The number of alkyl halides is 3. The molecule has 1 aliphatic rings. The van der Waals surface area contributed by atoms with Crippen molar-refractivity contribution in [1.82, 2.24) is 4.98 Å². The molecule has 0 aliphatic carbocycles. The van der Waals surface area contributed by atoms with Crippen LogP contribution in [-0.4, -0.2) is 23.5 Å². The SMILES string of the molecule is NC(=O)[C@H]1CCCN1c1ccc(C#Cc2ccc(C(F)(F)F)cc2)cn1. The van der Waals surface area contributed by atoms with E-state index in [1.165, 1.54) is 12.1 Å². The second-order valence-electron chi connectivity index (χ2n) is 5.98. The van der Waals surface area contributed by atoms with Crippen LogP contribution in [0.4, 0.5) is 19.0 Å². The Morgan fingerprint density at radius 2 is 1.77 bits per heavy atom. The summed E-state index contributed by atoms with van der Waals surface area (Å²) in [5.74, 6) is 5.97. The van der Waals surface area contributed by atoms with Crippen LogP contribution in [0.3, 0.4) is 0 Å². The number of primary amides is 1. The van der Waals surface area contributed by atoms with Gasteiger partial charge in [0.15, 0.2) is 0 Å². The molecule has 1 saturated heterocycles. The summed E-state index contributed by atoms with van der Waals surface area (Å²) in [6, 6.07) is 7.85. The number of amides is 1. The summed E-state index contributed by atoms with van der Waals surface area (Å²) in [5.41, 5.74) is 5.81. The first-order valence-corrected chi connectivity index (χ1v) is 8.06. The van der Waals surface area contributed by atoms with Crippen LogP contribution in [-0.2, 0) is 11.0 Å². The molecule has 4 nitrogen and oxygen atoms in total. The minimum Gasteiger partial charge on any atom is -0.368 e. The van der Waals surface area contributed by atoms with Crippen molar-refractivity contribution in [3.8, 4) is 11.8 Å². The number of aromatic nitrogens is 1. The maximum Gasteiger partial charge on any atom is 0.416 e. The highest BCUT2D eigenvalue weighted by molar-refractivity contribution is 5.83. The van der Waals surface area contributed by atoms with E-state index in [9.17, 15) is 18.0 Å². The molecule has 2 heterocycles. The lowest BCUT2D eigenvalue weighted by Gasteiger charge is -2.22. The highest BCUT2D eigenvalue weighted by Crippen LogP contribution is 2.29. The lowest BCUT2D eigenvalue weighted by atomic mass is 10.1. The Morgan fingerprint density at radius 1 is 1.12 bits per heavy atom. The number of halogens is 3. The van der Waals surface area contributed by atoms with E-state index in [-0.39, 0.29) is 11.9 Å². The molecular formula is C19H16F3N3O. The number of benzene rings is 1. The molecule has 0 bridgehead atoms. The third kappa shape index (κ3) is 3.97. The van der Waals surface area contributed by atoms with E-state index >= 15 is 0 Å². The predicted molar refractivity (Wildman–Crippen MR) is 91.2 cm³/mol. The van der Waals surface area contributed by atoms with Crippen LogP contribution in [0.2, 0.25) is 0 Å². The molecule has 1 amide bonds. The minimum absolute atomic E-state index is 0.341. The monoisotopic (exact) mass is 359 g/mol. The molecular weight excluding hydrogens is 343 g/mol. The lowest BCUT2D eigenvalue weighted by Crippen LogP contribution is -2.40. The lowest BCUT2D eigenvalue weighted by molar-refractivity contribution is -0.137. The zero-order chi connectivity index (χ0) is 18.7. The van der Waals surface area contributed by atoms with Gasteiger partial charge >= 0.3 is 6.18 Å². The highest BCUT2D eigenvalue weighted by Gasteiger charge is 2.30. The molecule has 0 saturated carbocycles. The normalized spacial score (nSPS) is 16.9. The smallest absolute Gasteiger partial charge is 0.368 e. The predicted octanol–water partition coefficient (Wildman–Crippen LogP) is 2.95. The van der Waals surface area contributed by atoms with Gasteiger partial charge in [0.05, 0.1) is 5.56 Å². The third-order valence-electron chi connectivity index (χ3n) is 4.19. The van der Waals surface area contributed by atoms with E-state index < -0.39 is 11.7 Å². The molecule has 7 heteroatoms. The fraction of sp³-hybridized carbons (Fsp3) is 0.263. The van der Waals surface area contributed by atoms with Crippen molar-refractivity contribution >= 4 is 11.7 Å². The molecule has 0 spiro atoms. The molecule has 0 unspecified atom stereocenters. The van der Waals surface area contributed by atoms with Crippen LogP contribution < -0.4 is 10.6 Å². The van der Waals surface area contributed by atoms with Gasteiger partial charge in [-0.15, -0.1) is 0 Å². The summed E-state index contributed by atoms with van der Waals surface area (Å²) in [4.78, 5) is 17.6. The Kier molecular flexibility index (Phi) is 4.85. The van der Waals surface area contributed by atoms with Gasteiger partial charge in [-0.1, -0.05) is 11.8 Å². The Labute approximate surface area is 148 Å². The summed E-state index contributed by atoms with van der Waals surface area (Å²) in [5, 5.41) is 0. The van der Waals surface area contributed by atoms with Gasteiger partial charge in [0, 0.05) is 23.9 Å². The number of hydrogen-bond donors (Lipinski definition) is 1. The number of nitrogens with two attached hydrogens (primary N) is 1. The molecule has 3 rings (SSSR count). The highest BCUT2D eigenvalue weighted by atomic mass is 19.4. The summed E-state index contributed by atoms with van der Waals surface area (Å²) >= 11 is 0. The zero-order valence-corrected chi connectivity index (χ0v) is 13.8. The van der Waals surface area contributed by atoms with E-state index in [1.807, 2.05) is 4.90 Å². The van der Waals surface area contributed by atoms with Crippen LogP contribution in [0.15, 0.2) is 42.6 Å². The number of carbonyl (C=O) groups excluding carboxylic acids is 1. The van der Waals surface area contributed by atoms with E-state index in [2.05, 4.69) is 16.8 Å². The van der Waals surface area contributed by atoms with Crippen molar-refractivity contribution in [3.05, 3.63) is 59.3 Å². The molecule has 1 aromatic carbocycles.